The van der Waals surface area contributed by atoms with Crippen molar-refractivity contribution in [3.05, 3.63) is 35.4 Å². The van der Waals surface area contributed by atoms with E-state index in [1.54, 1.807) is 0 Å². The van der Waals surface area contributed by atoms with E-state index in [2.05, 4.69) is 27.8 Å². The Morgan fingerprint density at radius 3 is 3.00 bits per heavy atom. The monoisotopic (exact) mass is 330 g/mol. The smallest absolute Gasteiger partial charge is 0.223 e. The SMILES string of the molecule is O=C(NCC1(O)CCCc2ccccc21)C1CCC2NNNC2C1. The Balaban J connectivity index is 1.39. The molecule has 5 N–H and O–H groups in total. The van der Waals surface area contributed by atoms with Crippen molar-refractivity contribution in [2.45, 2.75) is 56.2 Å². The Hall–Kier alpha value is -1.47. The van der Waals surface area contributed by atoms with Crippen LogP contribution in [0.3, 0.4) is 0 Å². The van der Waals surface area contributed by atoms with Gasteiger partial charge in [0, 0.05) is 18.0 Å². The summed E-state index contributed by atoms with van der Waals surface area (Å²) in [6.07, 6.45) is 5.36. The van der Waals surface area contributed by atoms with Crippen LogP contribution in [-0.4, -0.2) is 29.6 Å². The fourth-order valence-corrected chi connectivity index (χ4v) is 4.43. The lowest BCUT2D eigenvalue weighted by molar-refractivity contribution is -0.127. The van der Waals surface area contributed by atoms with E-state index in [1.165, 1.54) is 5.56 Å². The Labute approximate surface area is 142 Å². The van der Waals surface area contributed by atoms with E-state index in [9.17, 15) is 9.90 Å². The van der Waals surface area contributed by atoms with Crippen molar-refractivity contribution in [3.63, 3.8) is 0 Å². The van der Waals surface area contributed by atoms with Crippen molar-refractivity contribution in [1.29, 1.82) is 0 Å². The molecule has 1 heterocycles. The van der Waals surface area contributed by atoms with Gasteiger partial charge in [-0.05, 0) is 49.7 Å². The summed E-state index contributed by atoms with van der Waals surface area (Å²) < 4.78 is 0. The van der Waals surface area contributed by atoms with Crippen molar-refractivity contribution in [3.8, 4) is 0 Å². The van der Waals surface area contributed by atoms with Gasteiger partial charge >= 0.3 is 0 Å². The van der Waals surface area contributed by atoms with Crippen LogP contribution in [0.1, 0.15) is 43.2 Å². The molecule has 4 atom stereocenters. The highest BCUT2D eigenvalue weighted by atomic mass is 16.3. The second-order valence-electron chi connectivity index (χ2n) is 7.40. The maximum absolute atomic E-state index is 12.6. The lowest BCUT2D eigenvalue weighted by Crippen LogP contribution is -2.48. The predicted molar refractivity (Wildman–Crippen MR) is 90.6 cm³/mol. The number of aryl methyl sites for hydroxylation is 1. The predicted octanol–water partition coefficient (Wildman–Crippen LogP) is 0.476. The number of hydrazine groups is 2. The first-order valence-electron chi connectivity index (χ1n) is 9.00. The number of rotatable bonds is 3. The first-order chi connectivity index (χ1) is 11.7. The van der Waals surface area contributed by atoms with Gasteiger partial charge in [-0.1, -0.05) is 24.3 Å². The second kappa shape index (κ2) is 6.44. The van der Waals surface area contributed by atoms with E-state index >= 15 is 0 Å². The minimum Gasteiger partial charge on any atom is -0.383 e. The topological polar surface area (TPSA) is 85.4 Å². The molecule has 0 bridgehead atoms. The van der Waals surface area contributed by atoms with Crippen LogP contribution in [-0.2, 0) is 16.8 Å². The molecule has 4 rings (SSSR count). The Kier molecular flexibility index (Phi) is 4.30. The normalized spacial score (nSPS) is 35.1. The number of aliphatic hydroxyl groups is 1. The molecule has 24 heavy (non-hydrogen) atoms. The summed E-state index contributed by atoms with van der Waals surface area (Å²) >= 11 is 0. The highest BCUT2D eigenvalue weighted by molar-refractivity contribution is 5.79. The van der Waals surface area contributed by atoms with Crippen LogP contribution in [0.4, 0.5) is 0 Å². The van der Waals surface area contributed by atoms with Gasteiger partial charge in [0.25, 0.3) is 0 Å². The number of benzene rings is 1. The third-order valence-corrected chi connectivity index (χ3v) is 5.85. The molecule has 0 spiro atoms. The molecule has 6 heteroatoms. The number of fused-ring (bicyclic) bond motifs is 2. The lowest BCUT2D eigenvalue weighted by atomic mass is 9.78. The molecule has 1 aromatic rings. The molecule has 1 saturated heterocycles. The van der Waals surface area contributed by atoms with Crippen LogP contribution in [0.25, 0.3) is 0 Å². The third kappa shape index (κ3) is 2.95. The summed E-state index contributed by atoms with van der Waals surface area (Å²) in [5.41, 5.74) is 10.6. The van der Waals surface area contributed by atoms with Gasteiger partial charge in [-0.2, -0.15) is 5.53 Å². The van der Waals surface area contributed by atoms with Gasteiger partial charge in [0.05, 0.1) is 6.54 Å². The standard InChI is InChI=1S/C18H26N4O2/c23-17(13-7-8-15-16(10-13)21-22-20-15)19-11-18(24)9-3-5-12-4-1-2-6-14(12)18/h1-2,4,6,13,15-16,20-22,24H,3,5,7-11H2,(H,19,23). The molecule has 0 aromatic heterocycles. The summed E-state index contributed by atoms with van der Waals surface area (Å²) in [7, 11) is 0. The third-order valence-electron chi connectivity index (χ3n) is 5.85. The molecule has 3 aliphatic rings. The van der Waals surface area contributed by atoms with E-state index in [-0.39, 0.29) is 11.8 Å². The quantitative estimate of drug-likeness (QED) is 0.557. The Bertz CT molecular complexity index is 623. The van der Waals surface area contributed by atoms with E-state index < -0.39 is 5.60 Å². The van der Waals surface area contributed by atoms with Crippen molar-refractivity contribution in [1.82, 2.24) is 21.7 Å². The van der Waals surface area contributed by atoms with E-state index in [4.69, 9.17) is 0 Å². The van der Waals surface area contributed by atoms with Crippen molar-refractivity contribution in [2.24, 2.45) is 5.92 Å². The van der Waals surface area contributed by atoms with Crippen LogP contribution < -0.4 is 21.7 Å². The van der Waals surface area contributed by atoms with Gasteiger partial charge < -0.3 is 10.4 Å². The van der Waals surface area contributed by atoms with Crippen molar-refractivity contribution in [2.75, 3.05) is 6.54 Å². The first-order valence-corrected chi connectivity index (χ1v) is 9.00. The summed E-state index contributed by atoms with van der Waals surface area (Å²) in [5, 5.41) is 14.1. The number of amides is 1. The highest BCUT2D eigenvalue weighted by Crippen LogP contribution is 2.35. The Morgan fingerprint density at radius 1 is 1.25 bits per heavy atom. The van der Waals surface area contributed by atoms with E-state index in [0.717, 1.165) is 37.7 Å². The van der Waals surface area contributed by atoms with Gasteiger partial charge in [0.1, 0.15) is 5.60 Å². The Morgan fingerprint density at radius 2 is 2.08 bits per heavy atom. The zero-order chi connectivity index (χ0) is 16.6. The number of nitrogens with one attached hydrogen (secondary N) is 4. The maximum Gasteiger partial charge on any atom is 0.223 e. The molecule has 2 aliphatic carbocycles. The second-order valence-corrected chi connectivity index (χ2v) is 7.40. The van der Waals surface area contributed by atoms with Crippen LogP contribution in [0.15, 0.2) is 24.3 Å². The minimum absolute atomic E-state index is 0.0166. The lowest BCUT2D eigenvalue weighted by Gasteiger charge is -2.36. The molecular weight excluding hydrogens is 304 g/mol. The largest absolute Gasteiger partial charge is 0.383 e. The maximum atomic E-state index is 12.6. The zero-order valence-corrected chi connectivity index (χ0v) is 13.8. The zero-order valence-electron chi connectivity index (χ0n) is 13.8. The van der Waals surface area contributed by atoms with Crippen LogP contribution in [0.2, 0.25) is 0 Å². The molecule has 1 saturated carbocycles. The molecule has 130 valence electrons. The molecule has 6 nitrogen and oxygen atoms in total. The van der Waals surface area contributed by atoms with Gasteiger partial charge in [0.15, 0.2) is 0 Å². The minimum atomic E-state index is -0.934. The fourth-order valence-electron chi connectivity index (χ4n) is 4.43. The van der Waals surface area contributed by atoms with Crippen molar-refractivity contribution >= 4 is 5.91 Å². The van der Waals surface area contributed by atoms with Gasteiger partial charge in [-0.15, -0.1) is 0 Å². The first kappa shape index (κ1) is 16.0. The average molecular weight is 330 g/mol. The van der Waals surface area contributed by atoms with Crippen LogP contribution >= 0.6 is 0 Å². The molecule has 1 aliphatic heterocycles. The summed E-state index contributed by atoms with van der Waals surface area (Å²) in [5.74, 6) is 0.0847. The van der Waals surface area contributed by atoms with Gasteiger partial charge in [-0.25, -0.2) is 10.9 Å². The molecule has 1 aromatic carbocycles. The summed E-state index contributed by atoms with van der Waals surface area (Å²) in [4.78, 5) is 12.6. The summed E-state index contributed by atoms with van der Waals surface area (Å²) in [6, 6.07) is 8.75. The van der Waals surface area contributed by atoms with Gasteiger partial charge in [0.2, 0.25) is 5.91 Å². The number of carbonyl (C=O) groups is 1. The van der Waals surface area contributed by atoms with Crippen LogP contribution in [0, 0.1) is 5.92 Å². The summed E-state index contributed by atoms with van der Waals surface area (Å²) in [6.45, 7) is 0.303. The van der Waals surface area contributed by atoms with E-state index in [1.807, 2.05) is 18.2 Å². The van der Waals surface area contributed by atoms with Crippen LogP contribution in [0.5, 0.6) is 0 Å². The van der Waals surface area contributed by atoms with E-state index in [0.29, 0.717) is 25.0 Å². The van der Waals surface area contributed by atoms with Crippen molar-refractivity contribution < 1.29 is 9.90 Å². The number of hydrogen-bond donors (Lipinski definition) is 5. The number of carbonyl (C=O) groups excluding carboxylic acids is 1. The molecule has 4 unspecified atom stereocenters. The van der Waals surface area contributed by atoms with Gasteiger partial charge in [-0.3, -0.25) is 4.79 Å². The molecular formula is C18H26N4O2. The number of hydrogen-bond acceptors (Lipinski definition) is 5. The average Bonchev–Trinajstić information content (AvgIpc) is 3.08. The molecule has 0 radical (unpaired) electrons. The molecule has 2 fully saturated rings. The highest BCUT2D eigenvalue weighted by Gasteiger charge is 2.38. The fraction of sp³-hybridized carbons (Fsp3) is 0.611. The molecule has 1 amide bonds.